The molecule has 0 amide bonds. The van der Waals surface area contributed by atoms with Gasteiger partial charge >= 0.3 is 0 Å². The molecule has 0 aliphatic heterocycles. The van der Waals surface area contributed by atoms with Crippen LogP contribution < -0.4 is 11.1 Å². The number of aryl methyl sites for hydroxylation is 1. The highest BCUT2D eigenvalue weighted by Gasteiger charge is 2.00. The Labute approximate surface area is 106 Å². The molecular formula is C14H14N4. The van der Waals surface area contributed by atoms with E-state index in [-0.39, 0.29) is 0 Å². The average Bonchev–Trinajstić information content (AvgIpc) is 2.38. The Kier molecular flexibility index (Phi) is 3.44. The van der Waals surface area contributed by atoms with E-state index in [9.17, 15) is 0 Å². The third kappa shape index (κ3) is 2.77. The van der Waals surface area contributed by atoms with E-state index in [1.54, 1.807) is 18.3 Å². The lowest BCUT2D eigenvalue weighted by Gasteiger charge is -2.08. The van der Waals surface area contributed by atoms with E-state index in [0.29, 0.717) is 23.6 Å². The number of nitrogens with one attached hydrogen (secondary N) is 1. The van der Waals surface area contributed by atoms with Crippen molar-refractivity contribution in [3.8, 4) is 6.07 Å². The van der Waals surface area contributed by atoms with E-state index in [1.165, 1.54) is 0 Å². The Morgan fingerprint density at radius 3 is 2.67 bits per heavy atom. The van der Waals surface area contributed by atoms with Gasteiger partial charge in [0, 0.05) is 12.7 Å². The summed E-state index contributed by atoms with van der Waals surface area (Å²) in [4.78, 5) is 4.24. The van der Waals surface area contributed by atoms with Crippen LogP contribution >= 0.6 is 0 Å². The molecule has 0 unspecified atom stereocenters. The first-order valence-corrected chi connectivity index (χ1v) is 5.64. The van der Waals surface area contributed by atoms with E-state index < -0.39 is 0 Å². The Balaban J connectivity index is 2.04. The summed E-state index contributed by atoms with van der Waals surface area (Å²) in [5.74, 6) is 0.685. The summed E-state index contributed by atoms with van der Waals surface area (Å²) in [6, 6.07) is 11.4. The normalized spacial score (nSPS) is 9.78. The number of pyridine rings is 1. The Hall–Kier alpha value is -2.54. The van der Waals surface area contributed by atoms with Gasteiger partial charge < -0.3 is 11.1 Å². The first kappa shape index (κ1) is 11.9. The van der Waals surface area contributed by atoms with E-state index in [1.807, 2.05) is 25.1 Å². The van der Waals surface area contributed by atoms with Crippen LogP contribution in [0.25, 0.3) is 0 Å². The maximum atomic E-state index is 8.71. The molecule has 0 bridgehead atoms. The molecule has 4 nitrogen and oxygen atoms in total. The summed E-state index contributed by atoms with van der Waals surface area (Å²) in [7, 11) is 0. The van der Waals surface area contributed by atoms with Gasteiger partial charge in [-0.1, -0.05) is 12.1 Å². The molecule has 0 fully saturated rings. The van der Waals surface area contributed by atoms with E-state index in [4.69, 9.17) is 11.0 Å². The third-order valence-electron chi connectivity index (χ3n) is 2.60. The van der Waals surface area contributed by atoms with Crippen molar-refractivity contribution in [1.82, 2.24) is 4.98 Å². The second-order valence-electron chi connectivity index (χ2n) is 4.11. The van der Waals surface area contributed by atoms with Gasteiger partial charge in [-0.3, -0.25) is 0 Å². The van der Waals surface area contributed by atoms with Crippen molar-refractivity contribution >= 4 is 11.5 Å². The highest BCUT2D eigenvalue weighted by Crippen LogP contribution is 2.16. The van der Waals surface area contributed by atoms with Crippen LogP contribution in [0.4, 0.5) is 11.5 Å². The van der Waals surface area contributed by atoms with Crippen LogP contribution in [0, 0.1) is 18.3 Å². The van der Waals surface area contributed by atoms with Crippen LogP contribution in [0.2, 0.25) is 0 Å². The predicted octanol–water partition coefficient (Wildman–Crippen LogP) is 2.46. The molecule has 3 N–H and O–H groups in total. The molecule has 0 radical (unpaired) electrons. The van der Waals surface area contributed by atoms with Crippen LogP contribution in [-0.4, -0.2) is 4.98 Å². The fourth-order valence-corrected chi connectivity index (χ4v) is 1.62. The third-order valence-corrected chi connectivity index (χ3v) is 2.60. The summed E-state index contributed by atoms with van der Waals surface area (Å²) in [5, 5.41) is 11.9. The van der Waals surface area contributed by atoms with Gasteiger partial charge in [0.15, 0.2) is 0 Å². The predicted molar refractivity (Wildman–Crippen MR) is 71.9 cm³/mol. The summed E-state index contributed by atoms with van der Waals surface area (Å²) >= 11 is 0. The first-order valence-electron chi connectivity index (χ1n) is 5.64. The second-order valence-corrected chi connectivity index (χ2v) is 4.11. The number of nitrogen functional groups attached to an aromatic ring is 1. The minimum Gasteiger partial charge on any atom is -0.396 e. The fourth-order valence-electron chi connectivity index (χ4n) is 1.62. The van der Waals surface area contributed by atoms with Crippen molar-refractivity contribution in [2.24, 2.45) is 0 Å². The Morgan fingerprint density at radius 2 is 2.06 bits per heavy atom. The zero-order valence-electron chi connectivity index (χ0n) is 10.1. The van der Waals surface area contributed by atoms with Gasteiger partial charge in [-0.2, -0.15) is 5.26 Å². The van der Waals surface area contributed by atoms with Gasteiger partial charge in [-0.25, -0.2) is 4.98 Å². The molecule has 18 heavy (non-hydrogen) atoms. The van der Waals surface area contributed by atoms with E-state index in [0.717, 1.165) is 11.1 Å². The van der Waals surface area contributed by atoms with Crippen molar-refractivity contribution in [3.63, 3.8) is 0 Å². The SMILES string of the molecule is Cc1cnc(NCc2ccc(C#N)cc2)c(N)c1. The number of rotatable bonds is 3. The quantitative estimate of drug-likeness (QED) is 0.861. The van der Waals surface area contributed by atoms with Crippen LogP contribution in [0.5, 0.6) is 0 Å². The zero-order chi connectivity index (χ0) is 13.0. The number of nitrogens with zero attached hydrogens (tertiary/aromatic N) is 2. The van der Waals surface area contributed by atoms with Crippen LogP contribution in [0.3, 0.4) is 0 Å². The topological polar surface area (TPSA) is 74.7 Å². The highest BCUT2D eigenvalue weighted by atomic mass is 15.0. The second kappa shape index (κ2) is 5.19. The molecular weight excluding hydrogens is 224 g/mol. The number of nitriles is 1. The maximum Gasteiger partial charge on any atom is 0.149 e. The lowest BCUT2D eigenvalue weighted by molar-refractivity contribution is 1.11. The molecule has 0 atom stereocenters. The Bertz CT molecular complexity index is 582. The maximum absolute atomic E-state index is 8.71. The van der Waals surface area contributed by atoms with Crippen molar-refractivity contribution in [2.45, 2.75) is 13.5 Å². The zero-order valence-corrected chi connectivity index (χ0v) is 10.1. The smallest absolute Gasteiger partial charge is 0.149 e. The molecule has 1 heterocycles. The number of aromatic nitrogens is 1. The molecule has 0 spiro atoms. The monoisotopic (exact) mass is 238 g/mol. The summed E-state index contributed by atoms with van der Waals surface area (Å²) in [6.07, 6.45) is 1.78. The lowest BCUT2D eigenvalue weighted by Crippen LogP contribution is -2.04. The molecule has 90 valence electrons. The Morgan fingerprint density at radius 1 is 1.33 bits per heavy atom. The lowest BCUT2D eigenvalue weighted by atomic mass is 10.1. The van der Waals surface area contributed by atoms with Gasteiger partial charge in [-0.15, -0.1) is 0 Å². The van der Waals surface area contributed by atoms with Gasteiger partial charge in [-0.05, 0) is 36.2 Å². The minimum absolute atomic E-state index is 0.631. The molecule has 0 saturated carbocycles. The van der Waals surface area contributed by atoms with Crippen LogP contribution in [0.1, 0.15) is 16.7 Å². The van der Waals surface area contributed by atoms with E-state index >= 15 is 0 Å². The van der Waals surface area contributed by atoms with Crippen molar-refractivity contribution < 1.29 is 0 Å². The number of hydrogen-bond donors (Lipinski definition) is 2. The molecule has 0 aliphatic rings. The summed E-state index contributed by atoms with van der Waals surface area (Å²) < 4.78 is 0. The largest absolute Gasteiger partial charge is 0.396 e. The molecule has 2 aromatic rings. The summed E-state index contributed by atoms with van der Waals surface area (Å²) in [6.45, 7) is 2.58. The number of benzene rings is 1. The summed E-state index contributed by atoms with van der Waals surface area (Å²) in [5.41, 5.74) is 9.28. The number of nitrogens with two attached hydrogens (primary N) is 1. The number of hydrogen-bond acceptors (Lipinski definition) is 4. The highest BCUT2D eigenvalue weighted by molar-refractivity contribution is 5.61. The molecule has 0 aliphatic carbocycles. The van der Waals surface area contributed by atoms with Crippen molar-refractivity contribution in [2.75, 3.05) is 11.1 Å². The average molecular weight is 238 g/mol. The molecule has 4 heteroatoms. The standard InChI is InChI=1S/C14H14N4/c1-10-6-13(16)14(17-8-10)18-9-12-4-2-11(7-15)3-5-12/h2-6,8H,9,16H2,1H3,(H,17,18). The minimum atomic E-state index is 0.631. The number of anilines is 2. The van der Waals surface area contributed by atoms with E-state index in [2.05, 4.69) is 16.4 Å². The molecule has 2 rings (SSSR count). The molecule has 1 aromatic heterocycles. The van der Waals surface area contributed by atoms with Crippen molar-refractivity contribution in [3.05, 3.63) is 53.2 Å². The molecule has 0 saturated heterocycles. The fraction of sp³-hybridized carbons (Fsp3) is 0.143. The first-order chi connectivity index (χ1) is 8.69. The van der Waals surface area contributed by atoms with Gasteiger partial charge in [0.1, 0.15) is 5.82 Å². The van der Waals surface area contributed by atoms with Gasteiger partial charge in [0.05, 0.1) is 17.3 Å². The van der Waals surface area contributed by atoms with Gasteiger partial charge in [0.2, 0.25) is 0 Å². The molecule has 1 aromatic carbocycles. The van der Waals surface area contributed by atoms with Gasteiger partial charge in [0.25, 0.3) is 0 Å². The van der Waals surface area contributed by atoms with Crippen LogP contribution in [-0.2, 0) is 6.54 Å². The van der Waals surface area contributed by atoms with Crippen LogP contribution in [0.15, 0.2) is 36.5 Å². The van der Waals surface area contributed by atoms with Crippen molar-refractivity contribution in [1.29, 1.82) is 5.26 Å².